The molecule has 0 aliphatic carbocycles. The second kappa shape index (κ2) is 16.4. The molecule has 0 heterocycles. The summed E-state index contributed by atoms with van der Waals surface area (Å²) in [4.78, 5) is 0. The van der Waals surface area contributed by atoms with Crippen LogP contribution in [0.15, 0.2) is 97.1 Å². The van der Waals surface area contributed by atoms with Crippen molar-refractivity contribution in [3.8, 4) is 0 Å². The van der Waals surface area contributed by atoms with Crippen molar-refractivity contribution in [1.29, 1.82) is 0 Å². The largest absolute Gasteiger partial charge is 0.748 e. The van der Waals surface area contributed by atoms with Crippen molar-refractivity contribution in [2.75, 3.05) is 0 Å². The minimum atomic E-state index is -0.773. The molecule has 0 N–H and O–H groups in total. The van der Waals surface area contributed by atoms with Gasteiger partial charge in [-0.25, -0.2) is 12.1 Å². The molecule has 6 aromatic carbocycles. The van der Waals surface area contributed by atoms with Crippen LogP contribution in [0.2, 0.25) is 0 Å². The smallest absolute Gasteiger partial charge is 0 e. The number of benzene rings is 4. The summed E-state index contributed by atoms with van der Waals surface area (Å²) in [5.41, 5.74) is 16.9. The predicted molar refractivity (Wildman–Crippen MR) is 218 cm³/mol. The van der Waals surface area contributed by atoms with Crippen LogP contribution < -0.4 is 31.8 Å². The number of rotatable bonds is 6. The van der Waals surface area contributed by atoms with Crippen LogP contribution in [-0.2, 0) is 19.5 Å². The van der Waals surface area contributed by atoms with Gasteiger partial charge in [0, 0.05) is 19.5 Å². The zero-order valence-corrected chi connectivity index (χ0v) is 35.0. The summed E-state index contributed by atoms with van der Waals surface area (Å²) < 4.78 is 0. The molecule has 260 valence electrons. The van der Waals surface area contributed by atoms with Gasteiger partial charge in [0.2, 0.25) is 0 Å². The van der Waals surface area contributed by atoms with Crippen molar-refractivity contribution in [2.24, 2.45) is 0 Å². The first kappa shape index (κ1) is 38.9. The molecule has 6 rings (SSSR count). The van der Waals surface area contributed by atoms with Crippen LogP contribution in [-0.4, -0.2) is 0 Å². The van der Waals surface area contributed by atoms with Crippen LogP contribution in [0, 0.1) is 83.1 Å². The van der Waals surface area contributed by atoms with Crippen LogP contribution in [0.5, 0.6) is 0 Å². The molecule has 0 aliphatic rings. The van der Waals surface area contributed by atoms with E-state index in [9.17, 15) is 0 Å². The van der Waals surface area contributed by atoms with Gasteiger partial charge in [-0.1, -0.05) is 56.5 Å². The van der Waals surface area contributed by atoms with E-state index in [-0.39, 0.29) is 19.5 Å². The molecule has 0 radical (unpaired) electrons. The van der Waals surface area contributed by atoms with Gasteiger partial charge < -0.3 is 30.3 Å². The summed E-state index contributed by atoms with van der Waals surface area (Å²) in [6, 6.07) is 36.3. The maximum Gasteiger partial charge on any atom is 0 e. The summed E-state index contributed by atoms with van der Waals surface area (Å²) in [6.45, 7) is 27.5. The van der Waals surface area contributed by atoms with E-state index in [4.69, 9.17) is 0 Å². The quantitative estimate of drug-likeness (QED) is 0.0900. The van der Waals surface area contributed by atoms with E-state index in [1.165, 1.54) is 98.6 Å². The van der Waals surface area contributed by atoms with Gasteiger partial charge in [0.05, 0.1) is 0 Å². The fraction of sp³-hybridized carbons (Fsp3) is 0.261. The number of aryl methyl sites for hydroxylation is 4. The monoisotopic (exact) mass is 768 g/mol. The Morgan fingerprint density at radius 3 is 1.04 bits per heavy atom. The molecule has 0 aliphatic heterocycles. The molecule has 6 aromatic rings. The van der Waals surface area contributed by atoms with Gasteiger partial charge >= 0.3 is 0 Å². The normalized spacial score (nSPS) is 11.1. The molecular weight excluding hydrogens is 716 g/mol. The molecular formula is C46H52P2Ru-6. The predicted octanol–water partition coefficient (Wildman–Crippen LogP) is 10.0. The van der Waals surface area contributed by atoms with Gasteiger partial charge in [0.15, 0.2) is 0 Å². The van der Waals surface area contributed by atoms with E-state index in [1.54, 1.807) is 0 Å². The molecule has 0 amide bonds. The van der Waals surface area contributed by atoms with Crippen molar-refractivity contribution < 1.29 is 19.5 Å². The average Bonchev–Trinajstić information content (AvgIpc) is 3.81. The van der Waals surface area contributed by atoms with Crippen LogP contribution in [0.4, 0.5) is 0 Å². The van der Waals surface area contributed by atoms with Crippen LogP contribution in [0.1, 0.15) is 66.8 Å². The molecule has 0 nitrogen and oxygen atoms in total. The van der Waals surface area contributed by atoms with Crippen molar-refractivity contribution in [1.82, 2.24) is 0 Å². The van der Waals surface area contributed by atoms with Gasteiger partial charge in [0.25, 0.3) is 0 Å². The third-order valence-electron chi connectivity index (χ3n) is 10.9. The molecule has 49 heavy (non-hydrogen) atoms. The topological polar surface area (TPSA) is 0 Å². The van der Waals surface area contributed by atoms with Crippen LogP contribution in [0.25, 0.3) is 0 Å². The van der Waals surface area contributed by atoms with Crippen molar-refractivity contribution in [3.63, 3.8) is 0 Å². The summed E-state index contributed by atoms with van der Waals surface area (Å²) in [7, 11) is -1.55. The van der Waals surface area contributed by atoms with E-state index >= 15 is 0 Å². The number of hydrogen-bond acceptors (Lipinski definition) is 0. The average molecular weight is 768 g/mol. The first-order valence-electron chi connectivity index (χ1n) is 17.1. The number of hydrogen-bond donors (Lipinski definition) is 0. The molecule has 0 bridgehead atoms. The molecule has 0 atom stereocenters. The third kappa shape index (κ3) is 7.72. The first-order valence-corrected chi connectivity index (χ1v) is 19.8. The Morgan fingerprint density at radius 1 is 0.388 bits per heavy atom. The zero-order valence-electron chi connectivity index (χ0n) is 31.5. The van der Waals surface area contributed by atoms with Crippen LogP contribution in [0.3, 0.4) is 0 Å². The maximum atomic E-state index is 2.45. The van der Waals surface area contributed by atoms with Crippen molar-refractivity contribution >= 4 is 47.7 Å². The zero-order chi connectivity index (χ0) is 34.9. The minimum absolute atomic E-state index is 0. The molecule has 0 saturated carbocycles. The molecule has 0 saturated heterocycles. The molecule has 0 fully saturated rings. The maximum absolute atomic E-state index is 2.45. The molecule has 0 unspecified atom stereocenters. The Hall–Kier alpha value is -2.94. The second-order valence-corrected chi connectivity index (χ2v) is 17.8. The summed E-state index contributed by atoms with van der Waals surface area (Å²) in [6.07, 6.45) is 0. The van der Waals surface area contributed by atoms with Crippen molar-refractivity contribution in [3.05, 3.63) is 164 Å². The standard InChI is InChI=1S/C41H47P2.C5H5.Ru/c1-24-16-20-36(32(9)28(24)5)42(37-21-17-25(2)29(6)33(37)10)40-14-13-15-41(40)43(38-22-18-26(3)30(7)34(38)11)39-23-19-27(4)31(8)35(39)12;1-2-4-5-3-1;/h13-23H,1-12H3;1-5H;/q-1;-5;. The molecule has 0 aromatic heterocycles. The first-order chi connectivity index (χ1) is 22.8. The second-order valence-electron chi connectivity index (χ2n) is 13.5. The Bertz CT molecular complexity index is 1790. The Morgan fingerprint density at radius 2 is 0.694 bits per heavy atom. The Kier molecular flexibility index (Phi) is 13.0. The van der Waals surface area contributed by atoms with Gasteiger partial charge in [0.1, 0.15) is 0 Å². The Balaban J connectivity index is 0.000000826. The summed E-state index contributed by atoms with van der Waals surface area (Å²) >= 11 is 0. The molecule has 0 spiro atoms. The molecule has 3 heteroatoms. The van der Waals surface area contributed by atoms with E-state index in [2.05, 4.69) is 150 Å². The van der Waals surface area contributed by atoms with Gasteiger partial charge in [-0.2, -0.15) is 6.07 Å². The van der Waals surface area contributed by atoms with E-state index in [0.29, 0.717) is 0 Å². The van der Waals surface area contributed by atoms with E-state index in [1.807, 2.05) is 30.3 Å². The van der Waals surface area contributed by atoms with Crippen LogP contribution >= 0.6 is 15.8 Å². The SMILES string of the molecule is Cc1ccc(P(c2ccc(C)c(C)c2C)c2ccc[c-]2P(c2ccc(C)c(C)c2C)c2ccc(C)c(C)c2C)c(C)c1C.[Ru].[cH-]1[cH-][cH-][cH-][cH-]1. The fourth-order valence-electron chi connectivity index (χ4n) is 6.61. The van der Waals surface area contributed by atoms with Gasteiger partial charge in [-0.15, -0.1) is 10.6 Å². The third-order valence-corrected chi connectivity index (χ3v) is 16.7. The summed E-state index contributed by atoms with van der Waals surface area (Å²) in [5, 5.41) is 8.96. The van der Waals surface area contributed by atoms with Crippen molar-refractivity contribution in [2.45, 2.75) is 83.1 Å². The Labute approximate surface area is 312 Å². The summed E-state index contributed by atoms with van der Waals surface area (Å²) in [5.74, 6) is 0. The van der Waals surface area contributed by atoms with E-state index in [0.717, 1.165) is 0 Å². The van der Waals surface area contributed by atoms with Gasteiger partial charge in [-0.05, 0) is 179 Å². The van der Waals surface area contributed by atoms with E-state index < -0.39 is 15.8 Å². The minimum Gasteiger partial charge on any atom is -0.748 e. The fourth-order valence-corrected chi connectivity index (χ4v) is 12.8. The van der Waals surface area contributed by atoms with Gasteiger partial charge in [-0.3, -0.25) is 0 Å².